The summed E-state index contributed by atoms with van der Waals surface area (Å²) in [6, 6.07) is 11.9. The van der Waals surface area contributed by atoms with Crippen molar-refractivity contribution in [3.63, 3.8) is 0 Å². The zero-order chi connectivity index (χ0) is 14.5. The molecule has 0 spiro atoms. The molecule has 0 aliphatic heterocycles. The molecule has 4 nitrogen and oxygen atoms in total. The number of nitrogens with zero attached hydrogens (tertiary/aromatic N) is 1. The van der Waals surface area contributed by atoms with Crippen LogP contribution in [-0.4, -0.2) is 16.3 Å². The molecule has 0 radical (unpaired) electrons. The van der Waals surface area contributed by atoms with Crippen molar-refractivity contribution in [1.29, 1.82) is 0 Å². The van der Waals surface area contributed by atoms with Gasteiger partial charge < -0.3 is 9.47 Å². The molecule has 1 atom stereocenters. The molecular formula is C14H11Cl2NO3. The van der Waals surface area contributed by atoms with Crippen LogP contribution in [0.2, 0.25) is 5.15 Å². The van der Waals surface area contributed by atoms with E-state index in [1.54, 1.807) is 49.4 Å². The number of rotatable bonds is 5. The molecule has 0 bridgehead atoms. The van der Waals surface area contributed by atoms with Gasteiger partial charge in [0.25, 0.3) is 5.24 Å². The maximum absolute atomic E-state index is 10.9. The number of carbonyl (C=O) groups excluding carboxylic acids is 1. The van der Waals surface area contributed by atoms with E-state index < -0.39 is 11.3 Å². The lowest BCUT2D eigenvalue weighted by atomic mass is 10.3. The fourth-order valence-corrected chi connectivity index (χ4v) is 1.60. The monoisotopic (exact) mass is 311 g/mol. The van der Waals surface area contributed by atoms with Crippen LogP contribution < -0.4 is 9.47 Å². The van der Waals surface area contributed by atoms with E-state index in [0.717, 1.165) is 0 Å². The number of hydrogen-bond acceptors (Lipinski definition) is 4. The lowest BCUT2D eigenvalue weighted by molar-refractivity contribution is -0.117. The van der Waals surface area contributed by atoms with Gasteiger partial charge in [0.2, 0.25) is 5.88 Å². The van der Waals surface area contributed by atoms with Crippen molar-refractivity contribution >= 4 is 28.4 Å². The zero-order valence-electron chi connectivity index (χ0n) is 10.5. The van der Waals surface area contributed by atoms with Crippen molar-refractivity contribution in [2.45, 2.75) is 13.0 Å². The van der Waals surface area contributed by atoms with E-state index in [1.165, 1.54) is 0 Å². The second kappa shape index (κ2) is 6.59. The molecular weight excluding hydrogens is 301 g/mol. The SMILES string of the molecule is CC(Oc1ccc(Oc2cccc(Cl)n2)cc1)C(=O)Cl. The van der Waals surface area contributed by atoms with Gasteiger partial charge in [-0.1, -0.05) is 17.7 Å². The van der Waals surface area contributed by atoms with Gasteiger partial charge in [0.1, 0.15) is 16.7 Å². The van der Waals surface area contributed by atoms with Crippen LogP contribution >= 0.6 is 23.2 Å². The molecule has 0 aliphatic rings. The van der Waals surface area contributed by atoms with Crippen LogP contribution in [-0.2, 0) is 4.79 Å². The van der Waals surface area contributed by atoms with E-state index in [1.807, 2.05) is 0 Å². The molecule has 1 aromatic heterocycles. The molecule has 0 saturated heterocycles. The summed E-state index contributed by atoms with van der Waals surface area (Å²) in [7, 11) is 0. The Hall–Kier alpha value is -1.78. The minimum absolute atomic E-state index is 0.358. The maximum Gasteiger partial charge on any atom is 0.262 e. The first-order chi connectivity index (χ1) is 9.54. The number of halogens is 2. The Bertz CT molecular complexity index is 602. The summed E-state index contributed by atoms with van der Waals surface area (Å²) >= 11 is 11.1. The zero-order valence-corrected chi connectivity index (χ0v) is 12.1. The van der Waals surface area contributed by atoms with Crippen LogP contribution in [0.3, 0.4) is 0 Å². The van der Waals surface area contributed by atoms with Crippen molar-refractivity contribution < 1.29 is 14.3 Å². The molecule has 104 valence electrons. The van der Waals surface area contributed by atoms with Crippen LogP contribution in [0.1, 0.15) is 6.92 Å². The third-order valence-corrected chi connectivity index (χ3v) is 2.89. The number of carbonyl (C=O) groups is 1. The molecule has 0 aliphatic carbocycles. The number of benzene rings is 1. The Balaban J connectivity index is 2.03. The summed E-state index contributed by atoms with van der Waals surface area (Å²) in [5, 5.41) is -0.189. The average molecular weight is 312 g/mol. The van der Waals surface area contributed by atoms with Crippen molar-refractivity contribution in [3.05, 3.63) is 47.6 Å². The molecule has 0 saturated carbocycles. The van der Waals surface area contributed by atoms with Gasteiger partial charge >= 0.3 is 0 Å². The quantitative estimate of drug-likeness (QED) is 0.617. The summed E-state index contributed by atoms with van der Waals surface area (Å²) in [5.74, 6) is 1.50. The van der Waals surface area contributed by atoms with Crippen molar-refractivity contribution in [2.75, 3.05) is 0 Å². The summed E-state index contributed by atoms with van der Waals surface area (Å²) in [6.07, 6.45) is -0.696. The van der Waals surface area contributed by atoms with Gasteiger partial charge in [-0.05, 0) is 48.9 Å². The highest BCUT2D eigenvalue weighted by Crippen LogP contribution is 2.24. The first kappa shape index (κ1) is 14.6. The van der Waals surface area contributed by atoms with Gasteiger partial charge in [0.15, 0.2) is 6.10 Å². The number of aromatic nitrogens is 1. The van der Waals surface area contributed by atoms with Crippen LogP contribution in [0, 0.1) is 0 Å². The van der Waals surface area contributed by atoms with Gasteiger partial charge in [-0.2, -0.15) is 0 Å². The molecule has 1 aromatic carbocycles. The highest BCUT2D eigenvalue weighted by atomic mass is 35.5. The van der Waals surface area contributed by atoms with Crippen molar-refractivity contribution in [1.82, 2.24) is 4.98 Å². The van der Waals surface area contributed by atoms with E-state index in [0.29, 0.717) is 22.5 Å². The van der Waals surface area contributed by atoms with Crippen LogP contribution in [0.5, 0.6) is 17.4 Å². The Kier molecular flexibility index (Phi) is 4.82. The number of pyridine rings is 1. The first-order valence-electron chi connectivity index (χ1n) is 5.81. The van der Waals surface area contributed by atoms with E-state index in [-0.39, 0.29) is 0 Å². The topological polar surface area (TPSA) is 48.4 Å². The van der Waals surface area contributed by atoms with Gasteiger partial charge in [-0.3, -0.25) is 4.79 Å². The summed E-state index contributed by atoms with van der Waals surface area (Å²) in [4.78, 5) is 14.9. The fourth-order valence-electron chi connectivity index (χ4n) is 1.40. The molecule has 6 heteroatoms. The van der Waals surface area contributed by atoms with E-state index in [2.05, 4.69) is 4.98 Å². The Labute approximate surface area is 126 Å². The highest BCUT2D eigenvalue weighted by molar-refractivity contribution is 6.64. The fraction of sp³-hybridized carbons (Fsp3) is 0.143. The lowest BCUT2D eigenvalue weighted by Gasteiger charge is -2.11. The predicted octanol–water partition coefficient (Wildman–Crippen LogP) is 4.06. The molecule has 1 heterocycles. The van der Waals surface area contributed by atoms with Gasteiger partial charge in [0, 0.05) is 6.07 Å². The second-order valence-corrected chi connectivity index (χ2v) is 4.70. The Morgan fingerprint density at radius 1 is 1.15 bits per heavy atom. The Morgan fingerprint density at radius 3 is 2.40 bits per heavy atom. The predicted molar refractivity (Wildman–Crippen MR) is 76.7 cm³/mol. The first-order valence-corrected chi connectivity index (χ1v) is 6.56. The van der Waals surface area contributed by atoms with Crippen molar-refractivity contribution in [3.8, 4) is 17.4 Å². The average Bonchev–Trinajstić information content (AvgIpc) is 2.41. The number of ether oxygens (including phenoxy) is 2. The van der Waals surface area contributed by atoms with Crippen LogP contribution in [0.4, 0.5) is 0 Å². The standard InChI is InChI=1S/C14H11Cl2NO3/c1-9(14(16)18)19-10-5-7-11(8-6-10)20-13-4-2-3-12(15)17-13/h2-9H,1H3. The maximum atomic E-state index is 10.9. The normalized spacial score (nSPS) is 11.8. The smallest absolute Gasteiger partial charge is 0.262 e. The lowest BCUT2D eigenvalue weighted by Crippen LogP contribution is -2.18. The van der Waals surface area contributed by atoms with Crippen LogP contribution in [0.15, 0.2) is 42.5 Å². The molecule has 0 N–H and O–H groups in total. The van der Waals surface area contributed by atoms with Gasteiger partial charge in [0.05, 0.1) is 0 Å². The van der Waals surface area contributed by atoms with Gasteiger partial charge in [-0.25, -0.2) is 4.98 Å². The van der Waals surface area contributed by atoms with E-state index in [4.69, 9.17) is 32.7 Å². The number of hydrogen-bond donors (Lipinski definition) is 0. The molecule has 0 fully saturated rings. The van der Waals surface area contributed by atoms with E-state index in [9.17, 15) is 4.79 Å². The third kappa shape index (κ3) is 4.11. The molecule has 20 heavy (non-hydrogen) atoms. The minimum Gasteiger partial charge on any atom is -0.482 e. The minimum atomic E-state index is -0.696. The van der Waals surface area contributed by atoms with Crippen molar-refractivity contribution in [2.24, 2.45) is 0 Å². The third-order valence-electron chi connectivity index (χ3n) is 2.37. The highest BCUT2D eigenvalue weighted by Gasteiger charge is 2.11. The van der Waals surface area contributed by atoms with E-state index >= 15 is 0 Å². The van der Waals surface area contributed by atoms with Gasteiger partial charge in [-0.15, -0.1) is 0 Å². The summed E-state index contributed by atoms with van der Waals surface area (Å²) in [5.41, 5.74) is 0. The summed E-state index contributed by atoms with van der Waals surface area (Å²) < 4.78 is 10.8. The Morgan fingerprint density at radius 2 is 1.80 bits per heavy atom. The van der Waals surface area contributed by atoms with Crippen LogP contribution in [0.25, 0.3) is 0 Å². The molecule has 1 unspecified atom stereocenters. The summed E-state index contributed by atoms with van der Waals surface area (Å²) in [6.45, 7) is 1.58. The molecule has 0 amide bonds. The molecule has 2 rings (SSSR count). The second-order valence-electron chi connectivity index (χ2n) is 3.94. The molecule has 2 aromatic rings. The largest absolute Gasteiger partial charge is 0.482 e.